The summed E-state index contributed by atoms with van der Waals surface area (Å²) in [5.41, 5.74) is 8.38. The van der Waals surface area contributed by atoms with Crippen molar-refractivity contribution in [1.82, 2.24) is 16.2 Å². The maximum atomic E-state index is 12.4. The second-order valence-electron chi connectivity index (χ2n) is 6.20. The van der Waals surface area contributed by atoms with Gasteiger partial charge >= 0.3 is 0 Å². The number of hydrogen-bond acceptors (Lipinski definition) is 5. The fourth-order valence-corrected chi connectivity index (χ4v) is 3.19. The molecule has 1 aliphatic rings. The van der Waals surface area contributed by atoms with Crippen molar-refractivity contribution in [3.8, 4) is 5.75 Å². The largest absolute Gasteiger partial charge is 0.496 e. The van der Waals surface area contributed by atoms with Crippen LogP contribution in [0.2, 0.25) is 5.02 Å². The van der Waals surface area contributed by atoms with E-state index < -0.39 is 6.10 Å². The number of hydrogen-bond donors (Lipinski definition) is 4. The van der Waals surface area contributed by atoms with Gasteiger partial charge in [-0.05, 0) is 35.4 Å². The highest BCUT2D eigenvalue weighted by Crippen LogP contribution is 2.28. The van der Waals surface area contributed by atoms with Gasteiger partial charge in [0.1, 0.15) is 5.75 Å². The molecule has 6 nitrogen and oxygen atoms in total. The number of hydrazine groups is 1. The molecule has 4 N–H and O–H groups in total. The summed E-state index contributed by atoms with van der Waals surface area (Å²) >= 11 is 5.93. The molecule has 1 amide bonds. The van der Waals surface area contributed by atoms with E-state index in [9.17, 15) is 9.90 Å². The molecular formula is C19H22ClN3O3. The monoisotopic (exact) mass is 375 g/mol. The summed E-state index contributed by atoms with van der Waals surface area (Å²) in [5, 5.41) is 13.5. The van der Waals surface area contributed by atoms with Crippen LogP contribution >= 0.6 is 11.6 Å². The van der Waals surface area contributed by atoms with Gasteiger partial charge in [-0.3, -0.25) is 15.6 Å². The van der Waals surface area contributed by atoms with Crippen LogP contribution in [0.1, 0.15) is 33.5 Å². The number of ether oxygens (including phenoxy) is 1. The van der Waals surface area contributed by atoms with Gasteiger partial charge in [-0.1, -0.05) is 29.8 Å². The molecule has 1 heterocycles. The number of rotatable bonds is 6. The Kier molecular flexibility index (Phi) is 6.11. The molecule has 1 atom stereocenters. The van der Waals surface area contributed by atoms with Crippen LogP contribution in [0.15, 0.2) is 42.5 Å². The van der Waals surface area contributed by atoms with Gasteiger partial charge in [0, 0.05) is 36.1 Å². The zero-order valence-corrected chi connectivity index (χ0v) is 15.2. The van der Waals surface area contributed by atoms with Gasteiger partial charge in [0.05, 0.1) is 13.2 Å². The molecule has 2 aromatic rings. The molecule has 0 aromatic heterocycles. The Morgan fingerprint density at radius 1 is 1.31 bits per heavy atom. The quantitative estimate of drug-likeness (QED) is 0.621. The number of aliphatic hydroxyl groups is 1. The highest BCUT2D eigenvalue weighted by Gasteiger charge is 2.21. The lowest BCUT2D eigenvalue weighted by Crippen LogP contribution is -2.28. The molecular weight excluding hydrogens is 354 g/mol. The molecule has 1 aliphatic heterocycles. The van der Waals surface area contributed by atoms with Crippen LogP contribution < -0.4 is 20.9 Å². The van der Waals surface area contributed by atoms with E-state index in [4.69, 9.17) is 16.3 Å². The van der Waals surface area contributed by atoms with E-state index in [1.54, 1.807) is 43.5 Å². The van der Waals surface area contributed by atoms with E-state index in [0.29, 0.717) is 27.8 Å². The summed E-state index contributed by atoms with van der Waals surface area (Å²) in [6.45, 7) is 1.72. The van der Waals surface area contributed by atoms with Crippen LogP contribution in [0, 0.1) is 0 Å². The maximum Gasteiger partial charge on any atom is 0.251 e. The lowest BCUT2D eigenvalue weighted by Gasteiger charge is -2.16. The van der Waals surface area contributed by atoms with Crippen molar-refractivity contribution in [2.45, 2.75) is 12.0 Å². The van der Waals surface area contributed by atoms with Gasteiger partial charge < -0.3 is 15.2 Å². The molecule has 2 aromatic carbocycles. The van der Waals surface area contributed by atoms with Gasteiger partial charge in [-0.15, -0.1) is 0 Å². The number of amides is 1. The van der Waals surface area contributed by atoms with E-state index in [1.165, 1.54) is 0 Å². The van der Waals surface area contributed by atoms with E-state index in [-0.39, 0.29) is 12.5 Å². The zero-order valence-electron chi connectivity index (χ0n) is 14.5. The number of aliphatic hydroxyl groups excluding tert-OH is 1. The number of carbonyl (C=O) groups is 1. The number of benzene rings is 2. The highest BCUT2D eigenvalue weighted by atomic mass is 35.5. The first-order valence-electron chi connectivity index (χ1n) is 8.44. The second kappa shape index (κ2) is 8.51. The lowest BCUT2D eigenvalue weighted by molar-refractivity contribution is 0.0916. The minimum Gasteiger partial charge on any atom is -0.496 e. The molecule has 26 heavy (non-hydrogen) atoms. The van der Waals surface area contributed by atoms with Crippen molar-refractivity contribution in [2.75, 3.05) is 26.7 Å². The standard InChI is InChI=1S/C19H22ClN3O3/c1-26-18-8-13(5-6-16(18)14-9-22-23-10-14)19(25)21-11-17(24)12-3-2-4-15(20)7-12/h2-8,14,17,22-24H,9-11H2,1H3,(H,21,25)/t17-/m1/s1. The van der Waals surface area contributed by atoms with Crippen molar-refractivity contribution in [2.24, 2.45) is 0 Å². The minimum absolute atomic E-state index is 0.0969. The summed E-state index contributed by atoms with van der Waals surface area (Å²) in [6, 6.07) is 12.4. The van der Waals surface area contributed by atoms with Gasteiger partial charge in [0.2, 0.25) is 0 Å². The predicted octanol–water partition coefficient (Wildman–Crippen LogP) is 2.00. The molecule has 0 aliphatic carbocycles. The van der Waals surface area contributed by atoms with E-state index in [1.807, 2.05) is 6.07 Å². The molecule has 0 unspecified atom stereocenters. The molecule has 3 rings (SSSR count). The first-order chi connectivity index (χ1) is 12.6. The van der Waals surface area contributed by atoms with Crippen LogP contribution in [0.5, 0.6) is 5.75 Å². The van der Waals surface area contributed by atoms with Crippen molar-refractivity contribution >= 4 is 17.5 Å². The summed E-state index contributed by atoms with van der Waals surface area (Å²) in [4.78, 5) is 12.4. The summed E-state index contributed by atoms with van der Waals surface area (Å²) in [7, 11) is 1.60. The van der Waals surface area contributed by atoms with Crippen molar-refractivity contribution < 1.29 is 14.6 Å². The topological polar surface area (TPSA) is 82.6 Å². The van der Waals surface area contributed by atoms with Crippen LogP contribution in [0.25, 0.3) is 0 Å². The average Bonchev–Trinajstić information content (AvgIpc) is 3.19. The van der Waals surface area contributed by atoms with Gasteiger partial charge in [0.25, 0.3) is 5.91 Å². The molecule has 0 saturated carbocycles. The molecule has 1 saturated heterocycles. The summed E-state index contributed by atoms with van der Waals surface area (Å²) in [5.74, 6) is 0.717. The smallest absolute Gasteiger partial charge is 0.251 e. The van der Waals surface area contributed by atoms with E-state index in [2.05, 4.69) is 16.2 Å². The fourth-order valence-electron chi connectivity index (χ4n) is 3.00. The fraction of sp³-hybridized carbons (Fsp3) is 0.316. The number of halogens is 1. The molecule has 7 heteroatoms. The number of nitrogens with one attached hydrogen (secondary N) is 3. The first kappa shape index (κ1) is 18.7. The normalized spacial score (nSPS) is 15.7. The van der Waals surface area contributed by atoms with E-state index >= 15 is 0 Å². The van der Waals surface area contributed by atoms with Gasteiger partial charge in [0.15, 0.2) is 0 Å². The van der Waals surface area contributed by atoms with Crippen LogP contribution in [-0.4, -0.2) is 37.8 Å². The first-order valence-corrected chi connectivity index (χ1v) is 8.81. The van der Waals surface area contributed by atoms with Gasteiger partial charge in [-0.2, -0.15) is 0 Å². The Hall–Kier alpha value is -2.12. The predicted molar refractivity (Wildman–Crippen MR) is 100 cm³/mol. The summed E-state index contributed by atoms with van der Waals surface area (Å²) in [6.07, 6.45) is -0.825. The molecule has 1 fully saturated rings. The number of carbonyl (C=O) groups excluding carboxylic acids is 1. The minimum atomic E-state index is -0.825. The van der Waals surface area contributed by atoms with Crippen molar-refractivity contribution in [3.63, 3.8) is 0 Å². The van der Waals surface area contributed by atoms with E-state index in [0.717, 1.165) is 18.7 Å². The third-order valence-corrected chi connectivity index (χ3v) is 4.68. The third kappa shape index (κ3) is 4.34. The van der Waals surface area contributed by atoms with Crippen LogP contribution in [0.3, 0.4) is 0 Å². The Bertz CT molecular complexity index is 778. The van der Waals surface area contributed by atoms with Crippen LogP contribution in [-0.2, 0) is 0 Å². The molecule has 0 radical (unpaired) electrons. The Labute approximate surface area is 157 Å². The van der Waals surface area contributed by atoms with Crippen molar-refractivity contribution in [1.29, 1.82) is 0 Å². The highest BCUT2D eigenvalue weighted by molar-refractivity contribution is 6.30. The Morgan fingerprint density at radius 3 is 2.77 bits per heavy atom. The summed E-state index contributed by atoms with van der Waals surface area (Å²) < 4.78 is 5.46. The third-order valence-electron chi connectivity index (χ3n) is 4.45. The molecule has 0 bridgehead atoms. The average molecular weight is 376 g/mol. The second-order valence-corrected chi connectivity index (χ2v) is 6.63. The SMILES string of the molecule is COc1cc(C(=O)NC[C@@H](O)c2cccc(Cl)c2)ccc1C1CNNC1. The van der Waals surface area contributed by atoms with Crippen molar-refractivity contribution in [3.05, 3.63) is 64.2 Å². The zero-order chi connectivity index (χ0) is 18.5. The van der Waals surface area contributed by atoms with Crippen LogP contribution in [0.4, 0.5) is 0 Å². The number of methoxy groups -OCH3 is 1. The Morgan fingerprint density at radius 2 is 2.08 bits per heavy atom. The Balaban J connectivity index is 1.65. The molecule has 138 valence electrons. The van der Waals surface area contributed by atoms with Gasteiger partial charge in [-0.25, -0.2) is 0 Å². The maximum absolute atomic E-state index is 12.4. The molecule has 0 spiro atoms. The lowest BCUT2D eigenvalue weighted by atomic mass is 9.97.